The molecule has 2 saturated heterocycles. The van der Waals surface area contributed by atoms with Gasteiger partial charge in [-0.05, 0) is 91.7 Å². The van der Waals surface area contributed by atoms with E-state index < -0.39 is 34.8 Å². The Morgan fingerprint density at radius 2 is 1.79 bits per heavy atom. The number of hydrogen-bond donors (Lipinski definition) is 1. The van der Waals surface area contributed by atoms with E-state index in [4.69, 9.17) is 23.7 Å². The summed E-state index contributed by atoms with van der Waals surface area (Å²) in [6.07, 6.45) is 5.10. The van der Waals surface area contributed by atoms with E-state index in [1.54, 1.807) is 37.8 Å². The van der Waals surface area contributed by atoms with Crippen molar-refractivity contribution < 1.29 is 42.5 Å². The third kappa shape index (κ3) is 8.69. The second-order valence-electron chi connectivity index (χ2n) is 13.5. The summed E-state index contributed by atoms with van der Waals surface area (Å²) in [5.74, 6) is -0.851. The number of likely N-dealkylation sites (tertiary alicyclic amines) is 1. The molecule has 3 fully saturated rings. The quantitative estimate of drug-likeness (QED) is 0.263. The average molecular weight is 605 g/mol. The molecular weight excluding hydrogens is 559 g/mol. The van der Waals surface area contributed by atoms with Crippen LogP contribution in [0.25, 0.3) is 0 Å². The summed E-state index contributed by atoms with van der Waals surface area (Å²) >= 11 is 0. The number of ether oxygens (including phenoxy) is 5. The Balaban J connectivity index is 1.38. The first-order valence-electron chi connectivity index (χ1n) is 15.0. The van der Waals surface area contributed by atoms with Crippen LogP contribution >= 0.6 is 0 Å². The number of nitrogens with zero attached hydrogens (tertiary/aromatic N) is 1. The Bertz CT molecular complexity index is 1200. The monoisotopic (exact) mass is 604 g/mol. The molecule has 10 nitrogen and oxygen atoms in total. The van der Waals surface area contributed by atoms with E-state index in [1.807, 2.05) is 20.8 Å². The molecule has 2 aliphatic heterocycles. The van der Waals surface area contributed by atoms with Crippen LogP contribution in [0.4, 0.5) is 9.18 Å². The molecule has 1 N–H and O–H groups in total. The molecule has 1 spiro atoms. The zero-order chi connectivity index (χ0) is 31.4. The highest BCUT2D eigenvalue weighted by Crippen LogP contribution is 2.40. The fourth-order valence-electron chi connectivity index (χ4n) is 5.98. The van der Waals surface area contributed by atoms with Gasteiger partial charge in [0.05, 0.1) is 43.2 Å². The van der Waals surface area contributed by atoms with E-state index in [2.05, 4.69) is 5.32 Å². The lowest BCUT2D eigenvalue weighted by Crippen LogP contribution is -2.65. The molecule has 238 valence electrons. The number of nitrogens with one attached hydrogen (secondary N) is 1. The van der Waals surface area contributed by atoms with Gasteiger partial charge in [0.25, 0.3) is 0 Å². The van der Waals surface area contributed by atoms with Crippen LogP contribution in [0.15, 0.2) is 30.5 Å². The lowest BCUT2D eigenvalue weighted by molar-refractivity contribution is -0.148. The van der Waals surface area contributed by atoms with Crippen LogP contribution in [0.1, 0.15) is 85.1 Å². The first-order valence-corrected chi connectivity index (χ1v) is 15.0. The van der Waals surface area contributed by atoms with Crippen LogP contribution in [0.3, 0.4) is 0 Å². The first-order chi connectivity index (χ1) is 20.2. The van der Waals surface area contributed by atoms with Crippen molar-refractivity contribution in [2.24, 2.45) is 0 Å². The molecular formula is C32H45FN2O8. The number of carbonyl (C=O) groups is 3. The third-order valence-electron chi connectivity index (χ3n) is 7.81. The Hall–Kier alpha value is -3.18. The Kier molecular flexibility index (Phi) is 10.1. The van der Waals surface area contributed by atoms with Crippen molar-refractivity contribution in [3.8, 4) is 5.75 Å². The molecule has 1 aromatic carbocycles. The first kappa shape index (κ1) is 32.7. The SMILES string of the molecule is CC(C)(C)OC(=O)/C=C/Oc1cccc(F)c1C1CCC(OC[C@@H]2N(C(=O)OC(C)(C)C)CC[C@@]23COCC(=O)N3)CC1. The van der Waals surface area contributed by atoms with Crippen LogP contribution in [0.2, 0.25) is 0 Å². The van der Waals surface area contributed by atoms with Crippen molar-refractivity contribution >= 4 is 18.0 Å². The van der Waals surface area contributed by atoms with Crippen LogP contribution in [-0.2, 0) is 28.5 Å². The number of morpholine rings is 1. The minimum absolute atomic E-state index is 0.00960. The van der Waals surface area contributed by atoms with Crippen molar-refractivity contribution in [3.63, 3.8) is 0 Å². The van der Waals surface area contributed by atoms with Crippen LogP contribution < -0.4 is 10.1 Å². The molecule has 11 heteroatoms. The molecule has 1 aromatic rings. The lowest BCUT2D eigenvalue weighted by atomic mass is 9.82. The molecule has 0 unspecified atom stereocenters. The summed E-state index contributed by atoms with van der Waals surface area (Å²) < 4.78 is 43.6. The maximum absolute atomic E-state index is 15.0. The molecule has 2 atom stereocenters. The van der Waals surface area contributed by atoms with Gasteiger partial charge in [-0.3, -0.25) is 4.79 Å². The van der Waals surface area contributed by atoms with Crippen molar-refractivity contribution in [1.29, 1.82) is 0 Å². The highest BCUT2D eigenvalue weighted by molar-refractivity contribution is 5.82. The normalized spacial score (nSPS) is 26.4. The minimum Gasteiger partial charge on any atom is -0.464 e. The van der Waals surface area contributed by atoms with Gasteiger partial charge in [0.2, 0.25) is 5.91 Å². The predicted molar refractivity (Wildman–Crippen MR) is 156 cm³/mol. The standard InChI is InChI=1S/C32H45FN2O8/c1-30(2,3)42-27(37)14-17-40-24-9-7-8-23(33)28(24)21-10-12-22(13-11-21)41-18-25-32(20-39-19-26(36)34-32)15-16-35(25)29(38)43-31(4,5)6/h7-9,14,17,21-22,25H,10-13,15-16,18-20H2,1-6H3,(H,34,36)/b17-14+/t21?,22?,25-,32+/m0/s1. The van der Waals surface area contributed by atoms with Gasteiger partial charge in [0.1, 0.15) is 29.4 Å². The van der Waals surface area contributed by atoms with Crippen molar-refractivity contribution in [1.82, 2.24) is 10.2 Å². The minimum atomic E-state index is -0.740. The maximum Gasteiger partial charge on any atom is 0.410 e. The lowest BCUT2D eigenvalue weighted by Gasteiger charge is -2.41. The number of amides is 2. The molecule has 2 amide bonds. The second-order valence-corrected chi connectivity index (χ2v) is 13.5. The smallest absolute Gasteiger partial charge is 0.410 e. The van der Waals surface area contributed by atoms with Gasteiger partial charge in [-0.2, -0.15) is 0 Å². The highest BCUT2D eigenvalue weighted by atomic mass is 19.1. The molecule has 3 aliphatic rings. The number of esters is 1. The van der Waals surface area contributed by atoms with Crippen LogP contribution in [0.5, 0.6) is 5.75 Å². The third-order valence-corrected chi connectivity index (χ3v) is 7.81. The summed E-state index contributed by atoms with van der Waals surface area (Å²) in [7, 11) is 0. The van der Waals surface area contributed by atoms with Gasteiger partial charge in [-0.25, -0.2) is 14.0 Å². The number of benzene rings is 1. The van der Waals surface area contributed by atoms with E-state index in [0.29, 0.717) is 50.0 Å². The molecule has 0 aromatic heterocycles. The fraction of sp³-hybridized carbons (Fsp3) is 0.656. The Morgan fingerprint density at radius 1 is 1.09 bits per heavy atom. The van der Waals surface area contributed by atoms with Gasteiger partial charge in [0, 0.05) is 12.1 Å². The van der Waals surface area contributed by atoms with Crippen molar-refractivity contribution in [2.75, 3.05) is 26.4 Å². The zero-order valence-corrected chi connectivity index (χ0v) is 26.1. The molecule has 2 heterocycles. The number of hydrogen-bond acceptors (Lipinski definition) is 8. The van der Waals surface area contributed by atoms with Gasteiger partial charge in [0.15, 0.2) is 0 Å². The van der Waals surface area contributed by atoms with E-state index in [9.17, 15) is 14.4 Å². The summed E-state index contributed by atoms with van der Waals surface area (Å²) in [4.78, 5) is 39.0. The van der Waals surface area contributed by atoms with Gasteiger partial charge in [-0.1, -0.05) is 6.07 Å². The number of halogens is 1. The molecule has 1 saturated carbocycles. The van der Waals surface area contributed by atoms with Crippen molar-refractivity contribution in [3.05, 3.63) is 41.9 Å². The van der Waals surface area contributed by atoms with Crippen LogP contribution in [0, 0.1) is 5.82 Å². The van der Waals surface area contributed by atoms with Gasteiger partial charge >= 0.3 is 12.1 Å². The molecule has 4 rings (SSSR count). The maximum atomic E-state index is 15.0. The predicted octanol–water partition coefficient (Wildman–Crippen LogP) is 5.00. The summed E-state index contributed by atoms with van der Waals surface area (Å²) in [5, 5.41) is 3.07. The Labute approximate surface area is 253 Å². The second kappa shape index (κ2) is 13.2. The molecule has 43 heavy (non-hydrogen) atoms. The number of rotatable bonds is 7. The van der Waals surface area contributed by atoms with E-state index in [1.165, 1.54) is 18.4 Å². The van der Waals surface area contributed by atoms with Crippen LogP contribution in [-0.4, -0.2) is 78.1 Å². The van der Waals surface area contributed by atoms with E-state index in [0.717, 1.165) is 0 Å². The largest absolute Gasteiger partial charge is 0.464 e. The highest BCUT2D eigenvalue weighted by Gasteiger charge is 2.53. The summed E-state index contributed by atoms with van der Waals surface area (Å²) in [6, 6.07) is 4.22. The van der Waals surface area contributed by atoms with Gasteiger partial charge in [-0.15, -0.1) is 0 Å². The van der Waals surface area contributed by atoms with Crippen molar-refractivity contribution in [2.45, 2.75) is 108 Å². The zero-order valence-electron chi connectivity index (χ0n) is 26.1. The molecule has 0 radical (unpaired) electrons. The van der Waals surface area contributed by atoms with E-state index in [-0.39, 0.29) is 43.6 Å². The average Bonchev–Trinajstić information content (AvgIpc) is 3.22. The summed E-state index contributed by atoms with van der Waals surface area (Å²) in [6.45, 7) is 11.7. The summed E-state index contributed by atoms with van der Waals surface area (Å²) in [5.41, 5.74) is -1.56. The number of carbonyl (C=O) groups excluding carboxylic acids is 3. The fourth-order valence-corrected chi connectivity index (χ4v) is 5.98. The topological polar surface area (TPSA) is 113 Å². The van der Waals surface area contributed by atoms with Gasteiger partial charge < -0.3 is 33.9 Å². The molecule has 1 aliphatic carbocycles. The van der Waals surface area contributed by atoms with E-state index >= 15 is 4.39 Å². The Morgan fingerprint density at radius 3 is 2.44 bits per heavy atom. The molecule has 0 bridgehead atoms.